The van der Waals surface area contributed by atoms with Crippen LogP contribution in [0.15, 0.2) is 29.2 Å². The van der Waals surface area contributed by atoms with E-state index < -0.39 is 10.1 Å². The van der Waals surface area contributed by atoms with E-state index in [0.717, 1.165) is 24.8 Å². The molecule has 0 aromatic heterocycles. The van der Waals surface area contributed by atoms with Crippen molar-refractivity contribution in [2.75, 3.05) is 0 Å². The van der Waals surface area contributed by atoms with Gasteiger partial charge < -0.3 is 0 Å². The van der Waals surface area contributed by atoms with E-state index in [1.807, 2.05) is 6.92 Å². The van der Waals surface area contributed by atoms with Crippen LogP contribution in [0.1, 0.15) is 24.8 Å². The molecule has 0 N–H and O–H groups in total. The highest BCUT2D eigenvalue weighted by Gasteiger charge is 2.49. The van der Waals surface area contributed by atoms with E-state index in [1.54, 1.807) is 24.3 Å². The average Bonchev–Trinajstić information content (AvgIpc) is 2.84. The first kappa shape index (κ1) is 13.4. The maximum Gasteiger partial charge on any atom is 0.297 e. The Balaban J connectivity index is 1.78. The van der Waals surface area contributed by atoms with Gasteiger partial charge in [0.25, 0.3) is 10.1 Å². The number of halogens is 1. The van der Waals surface area contributed by atoms with Crippen molar-refractivity contribution < 1.29 is 12.6 Å². The van der Waals surface area contributed by atoms with Crippen LogP contribution in [0.25, 0.3) is 0 Å². The molecule has 0 radical (unpaired) electrons. The van der Waals surface area contributed by atoms with Crippen molar-refractivity contribution >= 4 is 21.7 Å². The van der Waals surface area contributed by atoms with Gasteiger partial charge in [-0.25, -0.2) is 0 Å². The Kier molecular flexibility index (Phi) is 3.36. The van der Waals surface area contributed by atoms with Crippen LogP contribution in [-0.2, 0) is 14.3 Å². The zero-order valence-corrected chi connectivity index (χ0v) is 12.3. The van der Waals surface area contributed by atoms with Gasteiger partial charge >= 0.3 is 0 Å². The number of hydrogen-bond acceptors (Lipinski definition) is 3. The van der Waals surface area contributed by atoms with Crippen molar-refractivity contribution in [3.63, 3.8) is 0 Å². The van der Waals surface area contributed by atoms with Gasteiger partial charge in [0.15, 0.2) is 0 Å². The molecule has 1 aromatic rings. The van der Waals surface area contributed by atoms with Crippen molar-refractivity contribution in [3.05, 3.63) is 29.8 Å². The zero-order chi connectivity index (χ0) is 13.6. The molecule has 2 aliphatic carbocycles. The predicted octanol–water partition coefficient (Wildman–Crippen LogP) is 3.11. The van der Waals surface area contributed by atoms with Gasteiger partial charge in [-0.3, -0.25) is 4.18 Å². The average molecular weight is 301 g/mol. The van der Waals surface area contributed by atoms with E-state index in [2.05, 4.69) is 0 Å². The number of hydrogen-bond donors (Lipinski definition) is 0. The van der Waals surface area contributed by atoms with Crippen LogP contribution < -0.4 is 0 Å². The normalized spacial score (nSPS) is 33.8. The molecule has 3 rings (SSSR count). The summed E-state index contributed by atoms with van der Waals surface area (Å²) in [5.74, 6) is 0.608. The summed E-state index contributed by atoms with van der Waals surface area (Å²) in [7, 11) is -3.66. The van der Waals surface area contributed by atoms with Crippen LogP contribution in [0.2, 0.25) is 0 Å². The molecule has 4 atom stereocenters. The molecule has 0 unspecified atom stereocenters. The highest BCUT2D eigenvalue weighted by atomic mass is 35.5. The smallest absolute Gasteiger partial charge is 0.263 e. The maximum atomic E-state index is 12.2. The summed E-state index contributed by atoms with van der Waals surface area (Å²) in [6.45, 7) is 1.92. The first-order chi connectivity index (χ1) is 8.97. The van der Waals surface area contributed by atoms with Gasteiger partial charge in [0.2, 0.25) is 0 Å². The monoisotopic (exact) mass is 300 g/mol. The molecule has 0 heterocycles. The van der Waals surface area contributed by atoms with Crippen LogP contribution in [-0.4, -0.2) is 19.9 Å². The molecule has 2 saturated carbocycles. The third kappa shape index (κ3) is 2.41. The summed E-state index contributed by atoms with van der Waals surface area (Å²) in [5.41, 5.74) is 1.03. The second-order valence-corrected chi connectivity index (χ2v) is 7.66. The summed E-state index contributed by atoms with van der Waals surface area (Å²) in [6.07, 6.45) is 2.60. The molecule has 104 valence electrons. The van der Waals surface area contributed by atoms with Crippen molar-refractivity contribution in [1.82, 2.24) is 0 Å². The Morgan fingerprint density at radius 3 is 2.42 bits per heavy atom. The van der Waals surface area contributed by atoms with Gasteiger partial charge in [0.1, 0.15) is 0 Å². The van der Waals surface area contributed by atoms with Crippen LogP contribution in [0.5, 0.6) is 0 Å². The van der Waals surface area contributed by atoms with Crippen molar-refractivity contribution in [2.45, 2.75) is 42.6 Å². The Labute approximate surface area is 119 Å². The Morgan fingerprint density at radius 2 is 1.89 bits per heavy atom. The van der Waals surface area contributed by atoms with E-state index in [4.69, 9.17) is 15.8 Å². The fourth-order valence-electron chi connectivity index (χ4n) is 3.22. The maximum absolute atomic E-state index is 12.2. The van der Waals surface area contributed by atoms with Crippen LogP contribution in [0.3, 0.4) is 0 Å². The first-order valence-corrected chi connectivity index (χ1v) is 8.46. The quantitative estimate of drug-likeness (QED) is 0.636. The minimum atomic E-state index is -3.66. The van der Waals surface area contributed by atoms with Crippen molar-refractivity contribution in [2.24, 2.45) is 11.8 Å². The van der Waals surface area contributed by atoms with Crippen molar-refractivity contribution in [3.8, 4) is 0 Å². The molecule has 0 amide bonds. The molecular weight excluding hydrogens is 284 g/mol. The topological polar surface area (TPSA) is 43.4 Å². The van der Waals surface area contributed by atoms with Gasteiger partial charge in [0, 0.05) is 11.3 Å². The van der Waals surface area contributed by atoms with Gasteiger partial charge in [-0.15, -0.1) is 11.6 Å². The van der Waals surface area contributed by atoms with Gasteiger partial charge in [-0.1, -0.05) is 17.7 Å². The highest BCUT2D eigenvalue weighted by Crippen LogP contribution is 2.49. The second kappa shape index (κ2) is 4.76. The minimum absolute atomic E-state index is 0.0817. The summed E-state index contributed by atoms with van der Waals surface area (Å²) in [5, 5.41) is 0.0817. The molecule has 0 spiro atoms. The van der Waals surface area contributed by atoms with Crippen LogP contribution in [0.4, 0.5) is 0 Å². The molecular formula is C14H17ClO3S. The van der Waals surface area contributed by atoms with Gasteiger partial charge in [-0.05, 0) is 44.2 Å². The second-order valence-electron chi connectivity index (χ2n) is 5.58. The van der Waals surface area contributed by atoms with Gasteiger partial charge in [0.05, 0.1) is 11.0 Å². The molecule has 0 aliphatic heterocycles. The highest BCUT2D eigenvalue weighted by molar-refractivity contribution is 7.86. The third-order valence-electron chi connectivity index (χ3n) is 4.30. The summed E-state index contributed by atoms with van der Waals surface area (Å²) >= 11 is 6.29. The summed E-state index contributed by atoms with van der Waals surface area (Å²) in [6, 6.07) is 6.74. The van der Waals surface area contributed by atoms with E-state index >= 15 is 0 Å². The predicted molar refractivity (Wildman–Crippen MR) is 73.7 cm³/mol. The lowest BCUT2D eigenvalue weighted by Crippen LogP contribution is -2.25. The summed E-state index contributed by atoms with van der Waals surface area (Å²) in [4.78, 5) is 0.229. The fourth-order valence-corrected chi connectivity index (χ4v) is 4.86. The fraction of sp³-hybridized carbons (Fsp3) is 0.571. The lowest BCUT2D eigenvalue weighted by molar-refractivity contribution is 0.146. The third-order valence-corrected chi connectivity index (χ3v) is 6.33. The van der Waals surface area contributed by atoms with E-state index in [0.29, 0.717) is 5.92 Å². The Hall–Kier alpha value is -0.580. The molecule has 2 aliphatic rings. The lowest BCUT2D eigenvalue weighted by atomic mass is 9.98. The number of benzene rings is 1. The molecule has 0 saturated heterocycles. The zero-order valence-electron chi connectivity index (χ0n) is 10.8. The largest absolute Gasteiger partial charge is 0.297 e. The van der Waals surface area contributed by atoms with E-state index in [9.17, 15) is 8.42 Å². The van der Waals surface area contributed by atoms with E-state index in [1.165, 1.54) is 0 Å². The number of alkyl halides is 1. The minimum Gasteiger partial charge on any atom is -0.263 e. The number of rotatable bonds is 3. The molecule has 19 heavy (non-hydrogen) atoms. The SMILES string of the molecule is Cc1ccc(S(=O)(=O)O[C@@H]2C[C@@H]3CC[C@H]2[C@@H]3Cl)cc1. The van der Waals surface area contributed by atoms with E-state index in [-0.39, 0.29) is 22.3 Å². The molecule has 2 fully saturated rings. The van der Waals surface area contributed by atoms with Crippen LogP contribution >= 0.6 is 11.6 Å². The standard InChI is InChI=1S/C14H17ClO3S/c1-9-2-5-11(6-3-9)19(16,17)18-13-8-10-4-7-12(13)14(10)15/h2-3,5-6,10,12-14H,4,7-8H2,1H3/t10-,12+,13+,14+/m0/s1. The lowest BCUT2D eigenvalue weighted by Gasteiger charge is -2.21. The first-order valence-electron chi connectivity index (χ1n) is 6.61. The number of aryl methyl sites for hydroxylation is 1. The molecule has 1 aromatic carbocycles. The summed E-state index contributed by atoms with van der Waals surface area (Å²) < 4.78 is 29.9. The Morgan fingerprint density at radius 1 is 1.21 bits per heavy atom. The molecule has 2 bridgehead atoms. The van der Waals surface area contributed by atoms with Gasteiger partial charge in [-0.2, -0.15) is 8.42 Å². The number of fused-ring (bicyclic) bond motifs is 2. The van der Waals surface area contributed by atoms with Crippen molar-refractivity contribution in [1.29, 1.82) is 0 Å². The molecule has 5 heteroatoms. The molecule has 3 nitrogen and oxygen atoms in total. The van der Waals surface area contributed by atoms with Crippen LogP contribution in [0, 0.1) is 18.8 Å². The Bertz CT molecular complexity index is 567.